The second-order valence-corrected chi connectivity index (χ2v) is 5.03. The van der Waals surface area contributed by atoms with Gasteiger partial charge in [-0.25, -0.2) is 0 Å². The van der Waals surface area contributed by atoms with E-state index in [4.69, 9.17) is 11.5 Å². The normalized spacial score (nSPS) is 11.9. The summed E-state index contributed by atoms with van der Waals surface area (Å²) in [7, 11) is 0. The van der Waals surface area contributed by atoms with E-state index in [2.05, 4.69) is 15.9 Å². The van der Waals surface area contributed by atoms with E-state index in [9.17, 15) is 14.7 Å². The summed E-state index contributed by atoms with van der Waals surface area (Å²) >= 11 is 3.34. The Morgan fingerprint density at radius 3 is 2.21 bits per heavy atom. The number of rotatable bonds is 6. The van der Waals surface area contributed by atoms with Crippen LogP contribution in [0.5, 0.6) is 0 Å². The molecular formula is C12H16BrN3O3. The molecule has 0 radical (unpaired) electrons. The molecule has 2 amide bonds. The molecule has 0 aromatic heterocycles. The average Bonchev–Trinajstić information content (AvgIpc) is 2.26. The maximum absolute atomic E-state index is 11.0. The highest BCUT2D eigenvalue weighted by Crippen LogP contribution is 2.29. The zero-order valence-corrected chi connectivity index (χ0v) is 12.1. The minimum atomic E-state index is -0.605. The Bertz CT molecular complexity index is 475. The van der Waals surface area contributed by atoms with Gasteiger partial charge < -0.3 is 21.5 Å². The number of anilines is 1. The smallest absolute Gasteiger partial charge is 0.236 e. The molecule has 0 unspecified atom stereocenters. The van der Waals surface area contributed by atoms with Gasteiger partial charge in [0.2, 0.25) is 11.8 Å². The summed E-state index contributed by atoms with van der Waals surface area (Å²) in [5.41, 5.74) is 11.6. The number of hydrogen-bond acceptors (Lipinski definition) is 4. The summed E-state index contributed by atoms with van der Waals surface area (Å²) in [5, 5.41) is 9.49. The number of benzene rings is 1. The van der Waals surface area contributed by atoms with E-state index in [1.54, 1.807) is 25.1 Å². The van der Waals surface area contributed by atoms with Crippen LogP contribution in [0, 0.1) is 0 Å². The molecule has 0 aliphatic heterocycles. The molecule has 1 aromatic carbocycles. The lowest BCUT2D eigenvalue weighted by Crippen LogP contribution is -2.39. The lowest BCUT2D eigenvalue weighted by molar-refractivity contribution is -0.117. The Balaban J connectivity index is 3.07. The number of primary amides is 2. The van der Waals surface area contributed by atoms with Gasteiger partial charge in [0.25, 0.3) is 0 Å². The zero-order valence-electron chi connectivity index (χ0n) is 10.5. The van der Waals surface area contributed by atoms with Crippen LogP contribution in [0.15, 0.2) is 22.7 Å². The fourth-order valence-electron chi connectivity index (χ4n) is 1.64. The number of carbonyl (C=O) groups excluding carboxylic acids is 2. The minimum absolute atomic E-state index is 0.116. The molecule has 0 aliphatic carbocycles. The molecule has 1 atom stereocenters. The van der Waals surface area contributed by atoms with Crippen molar-refractivity contribution in [3.8, 4) is 0 Å². The third kappa shape index (κ3) is 4.53. The van der Waals surface area contributed by atoms with Crippen LogP contribution in [-0.4, -0.2) is 30.0 Å². The first-order chi connectivity index (χ1) is 8.81. The van der Waals surface area contributed by atoms with Crippen LogP contribution < -0.4 is 16.4 Å². The quantitative estimate of drug-likeness (QED) is 0.696. The highest BCUT2D eigenvalue weighted by Gasteiger charge is 2.16. The van der Waals surface area contributed by atoms with Gasteiger partial charge in [0.15, 0.2) is 0 Å². The van der Waals surface area contributed by atoms with E-state index in [1.807, 2.05) is 0 Å². The predicted octanol–water partition coefficient (Wildman–Crippen LogP) is 0.279. The molecule has 0 saturated heterocycles. The predicted molar refractivity (Wildman–Crippen MR) is 75.4 cm³/mol. The largest absolute Gasteiger partial charge is 0.389 e. The van der Waals surface area contributed by atoms with Crippen LogP contribution in [0.25, 0.3) is 0 Å². The molecule has 1 rings (SSSR count). The molecule has 5 N–H and O–H groups in total. The Kier molecular flexibility index (Phi) is 5.31. The molecule has 0 aliphatic rings. The van der Waals surface area contributed by atoms with Gasteiger partial charge in [0.1, 0.15) is 0 Å². The van der Waals surface area contributed by atoms with E-state index in [0.717, 1.165) is 0 Å². The Morgan fingerprint density at radius 1 is 1.32 bits per heavy atom. The van der Waals surface area contributed by atoms with E-state index in [-0.39, 0.29) is 13.1 Å². The maximum Gasteiger partial charge on any atom is 0.236 e. The average molecular weight is 330 g/mol. The van der Waals surface area contributed by atoms with Crippen molar-refractivity contribution in [3.63, 3.8) is 0 Å². The summed E-state index contributed by atoms with van der Waals surface area (Å²) in [6, 6.07) is 5.12. The summed E-state index contributed by atoms with van der Waals surface area (Å²) in [6.45, 7) is 1.41. The number of aliphatic hydroxyl groups is 1. The van der Waals surface area contributed by atoms with Crippen LogP contribution in [-0.2, 0) is 9.59 Å². The molecule has 0 saturated carbocycles. The summed E-state index contributed by atoms with van der Waals surface area (Å²) in [5.74, 6) is -1.12. The van der Waals surface area contributed by atoms with Crippen molar-refractivity contribution in [2.45, 2.75) is 13.0 Å². The second kappa shape index (κ2) is 6.53. The van der Waals surface area contributed by atoms with Gasteiger partial charge in [-0.05, 0) is 40.5 Å². The lowest BCUT2D eigenvalue weighted by atomic mass is 10.1. The lowest BCUT2D eigenvalue weighted by Gasteiger charge is -2.23. The number of nitrogens with two attached hydrogens (primary N) is 2. The van der Waals surface area contributed by atoms with Gasteiger partial charge in [-0.2, -0.15) is 0 Å². The SMILES string of the molecule is C[C@H](O)c1ccc(N(CC(N)=O)CC(N)=O)c(Br)c1. The summed E-state index contributed by atoms with van der Waals surface area (Å²) in [4.78, 5) is 23.5. The number of amides is 2. The molecular weight excluding hydrogens is 314 g/mol. The van der Waals surface area contributed by atoms with Crippen LogP contribution in [0.3, 0.4) is 0 Å². The van der Waals surface area contributed by atoms with Crippen LogP contribution in [0.1, 0.15) is 18.6 Å². The first-order valence-corrected chi connectivity index (χ1v) is 6.39. The van der Waals surface area contributed by atoms with E-state index in [1.165, 1.54) is 4.90 Å². The Morgan fingerprint density at radius 2 is 1.84 bits per heavy atom. The van der Waals surface area contributed by atoms with Gasteiger partial charge in [-0.15, -0.1) is 0 Å². The molecule has 0 heterocycles. The standard InChI is InChI=1S/C12H16BrN3O3/c1-7(17)8-2-3-10(9(13)4-8)16(5-11(14)18)6-12(15)19/h2-4,7,17H,5-6H2,1H3,(H2,14,18)(H2,15,19)/t7-/m0/s1. The summed E-state index contributed by atoms with van der Waals surface area (Å²) in [6.07, 6.45) is -0.605. The van der Waals surface area contributed by atoms with Crippen molar-refractivity contribution < 1.29 is 14.7 Å². The molecule has 104 valence electrons. The first kappa shape index (κ1) is 15.5. The third-order valence-corrected chi connectivity index (χ3v) is 3.12. The van der Waals surface area contributed by atoms with Crippen LogP contribution >= 0.6 is 15.9 Å². The van der Waals surface area contributed by atoms with Crippen molar-refractivity contribution in [1.82, 2.24) is 0 Å². The van der Waals surface area contributed by atoms with E-state index in [0.29, 0.717) is 15.7 Å². The topological polar surface area (TPSA) is 110 Å². The van der Waals surface area contributed by atoms with Crippen molar-refractivity contribution in [1.29, 1.82) is 0 Å². The van der Waals surface area contributed by atoms with Gasteiger partial charge in [0, 0.05) is 4.47 Å². The monoisotopic (exact) mass is 329 g/mol. The fraction of sp³-hybridized carbons (Fsp3) is 0.333. The molecule has 1 aromatic rings. The summed E-state index contributed by atoms with van der Waals surface area (Å²) < 4.78 is 0.647. The first-order valence-electron chi connectivity index (χ1n) is 5.60. The zero-order chi connectivity index (χ0) is 14.6. The minimum Gasteiger partial charge on any atom is -0.389 e. The maximum atomic E-state index is 11.0. The number of nitrogens with zero attached hydrogens (tertiary/aromatic N) is 1. The number of halogens is 1. The van der Waals surface area contributed by atoms with Gasteiger partial charge in [-0.3, -0.25) is 9.59 Å². The van der Waals surface area contributed by atoms with Crippen molar-refractivity contribution in [2.75, 3.05) is 18.0 Å². The highest BCUT2D eigenvalue weighted by molar-refractivity contribution is 9.10. The van der Waals surface area contributed by atoms with E-state index >= 15 is 0 Å². The third-order valence-electron chi connectivity index (χ3n) is 2.49. The number of hydrogen-bond donors (Lipinski definition) is 3. The Labute approximate surface area is 119 Å². The second-order valence-electron chi connectivity index (χ2n) is 4.18. The van der Waals surface area contributed by atoms with E-state index < -0.39 is 17.9 Å². The van der Waals surface area contributed by atoms with Crippen LogP contribution in [0.2, 0.25) is 0 Å². The fourth-order valence-corrected chi connectivity index (χ4v) is 2.29. The van der Waals surface area contributed by atoms with Crippen LogP contribution in [0.4, 0.5) is 5.69 Å². The molecule has 6 nitrogen and oxygen atoms in total. The van der Waals surface area contributed by atoms with Gasteiger partial charge >= 0.3 is 0 Å². The Hall–Kier alpha value is -1.60. The van der Waals surface area contributed by atoms with Crippen molar-refractivity contribution in [2.24, 2.45) is 11.5 Å². The van der Waals surface area contributed by atoms with Crippen molar-refractivity contribution in [3.05, 3.63) is 28.2 Å². The van der Waals surface area contributed by atoms with Gasteiger partial charge in [0.05, 0.1) is 24.9 Å². The highest BCUT2D eigenvalue weighted by atomic mass is 79.9. The van der Waals surface area contributed by atoms with Gasteiger partial charge in [-0.1, -0.05) is 6.07 Å². The molecule has 0 fully saturated rings. The number of carbonyl (C=O) groups is 2. The van der Waals surface area contributed by atoms with Crippen molar-refractivity contribution >= 4 is 33.4 Å². The molecule has 19 heavy (non-hydrogen) atoms. The molecule has 0 spiro atoms. The number of aliphatic hydroxyl groups excluding tert-OH is 1. The molecule has 0 bridgehead atoms. The molecule has 7 heteroatoms.